The number of benzene rings is 2. The van der Waals surface area contributed by atoms with Crippen molar-refractivity contribution >= 4 is 50.9 Å². The number of likely N-dealkylation sites (tertiary alicyclic amines) is 1. The van der Waals surface area contributed by atoms with Crippen LogP contribution in [0.2, 0.25) is 0 Å². The van der Waals surface area contributed by atoms with E-state index in [0.717, 1.165) is 58.9 Å². The van der Waals surface area contributed by atoms with Crippen LogP contribution in [0.3, 0.4) is 0 Å². The number of rotatable bonds is 8. The van der Waals surface area contributed by atoms with Crippen molar-refractivity contribution in [2.24, 2.45) is 11.3 Å². The first kappa shape index (κ1) is 39.5. The second-order valence-corrected chi connectivity index (χ2v) is 17.0. The molecule has 3 amide bonds. The van der Waals surface area contributed by atoms with Crippen molar-refractivity contribution in [3.63, 3.8) is 0 Å². The molecule has 0 bridgehead atoms. The van der Waals surface area contributed by atoms with Crippen LogP contribution in [0, 0.1) is 29.6 Å². The molecule has 3 aromatic heterocycles. The number of nitrogens with zero attached hydrogens (tertiary/aromatic N) is 8. The number of ether oxygens (including phenoxy) is 1. The molecular weight excluding hydrogens is 771 g/mol. The van der Waals surface area contributed by atoms with Crippen LogP contribution < -0.4 is 20.3 Å². The first-order chi connectivity index (χ1) is 28.9. The maximum absolute atomic E-state index is 16.3. The van der Waals surface area contributed by atoms with Gasteiger partial charge in [-0.25, -0.2) is 8.78 Å². The Balaban J connectivity index is 0.798. The summed E-state index contributed by atoms with van der Waals surface area (Å²) in [7, 11) is 1.53. The standard InChI is InChI=1S/C44H48F2N10O4/c1-27-40-35(4-3-5-36(40)56(51-27)37-10-11-39(57)50-42(37)59)54-16-13-43(14-17-54)12-15-53(26-44(43,45)46)24-28-6-8-32(9-7-28)55-25-31-19-34(38(60-2)20-33(31)52-55)49-41(58)30-18-29(21-47)22-48-23-30/h3-5,18-20,22-23,25,28,32,37H,6-17,24,26H2,1-2H3,(H,49,58)(H,50,57,59). The highest BCUT2D eigenvalue weighted by atomic mass is 19.3. The van der Waals surface area contributed by atoms with Crippen LogP contribution in [0.25, 0.3) is 21.8 Å². The Hall–Kier alpha value is -5.95. The van der Waals surface area contributed by atoms with Crippen molar-refractivity contribution in [1.29, 1.82) is 5.26 Å². The molecule has 0 radical (unpaired) electrons. The van der Waals surface area contributed by atoms with Crippen molar-refractivity contribution in [3.8, 4) is 11.8 Å². The molecule has 2 N–H and O–H groups in total. The van der Waals surface area contributed by atoms with Crippen LogP contribution in [0.4, 0.5) is 20.2 Å². The summed E-state index contributed by atoms with van der Waals surface area (Å²) in [6.45, 7) is 4.05. The fourth-order valence-corrected chi connectivity index (χ4v) is 10.1. The number of aryl methyl sites for hydroxylation is 1. The topological polar surface area (TPSA) is 163 Å². The molecule has 16 heteroatoms. The molecule has 312 valence electrons. The average Bonchev–Trinajstić information content (AvgIpc) is 3.82. The third kappa shape index (κ3) is 7.22. The number of fused-ring (bicyclic) bond motifs is 2. The van der Waals surface area contributed by atoms with E-state index in [4.69, 9.17) is 14.9 Å². The lowest BCUT2D eigenvalue weighted by atomic mass is 9.68. The Bertz CT molecular complexity index is 2530. The monoisotopic (exact) mass is 818 g/mol. The van der Waals surface area contributed by atoms with Gasteiger partial charge in [0.05, 0.1) is 53.2 Å². The zero-order valence-electron chi connectivity index (χ0n) is 33.8. The lowest BCUT2D eigenvalue weighted by Gasteiger charge is -2.52. The third-order valence-corrected chi connectivity index (χ3v) is 13.5. The maximum Gasteiger partial charge on any atom is 0.266 e. The minimum absolute atomic E-state index is 0.176. The van der Waals surface area contributed by atoms with Gasteiger partial charge in [-0.2, -0.15) is 15.5 Å². The number of imide groups is 1. The molecule has 9 rings (SSSR count). The number of nitrogens with one attached hydrogen (secondary N) is 2. The number of hydrogen-bond acceptors (Lipinski definition) is 10. The van der Waals surface area contributed by atoms with Gasteiger partial charge in [0.1, 0.15) is 17.9 Å². The zero-order valence-corrected chi connectivity index (χ0v) is 33.8. The van der Waals surface area contributed by atoms with Gasteiger partial charge in [0.15, 0.2) is 0 Å². The number of amides is 3. The van der Waals surface area contributed by atoms with E-state index in [1.54, 1.807) is 10.7 Å². The van der Waals surface area contributed by atoms with Crippen molar-refractivity contribution in [2.75, 3.05) is 50.1 Å². The number of nitriles is 1. The second-order valence-electron chi connectivity index (χ2n) is 17.0. The molecule has 1 atom stereocenters. The summed E-state index contributed by atoms with van der Waals surface area (Å²) in [6.07, 6.45) is 10.3. The molecule has 1 aliphatic carbocycles. The molecule has 4 fully saturated rings. The van der Waals surface area contributed by atoms with Crippen LogP contribution in [0.15, 0.2) is 55.0 Å². The van der Waals surface area contributed by atoms with Crippen molar-refractivity contribution in [2.45, 2.75) is 82.7 Å². The smallest absolute Gasteiger partial charge is 0.266 e. The average molecular weight is 819 g/mol. The van der Waals surface area contributed by atoms with Crippen molar-refractivity contribution in [3.05, 3.63) is 71.8 Å². The number of piperidine rings is 3. The Labute approximate surface area is 345 Å². The highest BCUT2D eigenvalue weighted by Crippen LogP contribution is 2.52. The van der Waals surface area contributed by atoms with E-state index in [1.807, 2.05) is 53.0 Å². The van der Waals surface area contributed by atoms with Gasteiger partial charge in [-0.05, 0) is 95.0 Å². The molecule has 60 heavy (non-hydrogen) atoms. The summed E-state index contributed by atoms with van der Waals surface area (Å²) >= 11 is 0. The Kier molecular flexibility index (Phi) is 10.3. The van der Waals surface area contributed by atoms with Gasteiger partial charge in [-0.3, -0.25) is 38.9 Å². The van der Waals surface area contributed by atoms with E-state index in [9.17, 15) is 19.6 Å². The van der Waals surface area contributed by atoms with Gasteiger partial charge in [-0.1, -0.05) is 6.07 Å². The molecule has 2 aromatic carbocycles. The number of carbonyl (C=O) groups is 3. The maximum atomic E-state index is 16.3. The van der Waals surface area contributed by atoms with E-state index < -0.39 is 23.3 Å². The number of halogens is 2. The van der Waals surface area contributed by atoms with E-state index in [-0.39, 0.29) is 36.4 Å². The predicted octanol–water partition coefficient (Wildman–Crippen LogP) is 6.56. The number of carbonyl (C=O) groups excluding carboxylic acids is 3. The fourth-order valence-electron chi connectivity index (χ4n) is 10.1. The lowest BCUT2D eigenvalue weighted by molar-refractivity contribution is -0.179. The van der Waals surface area contributed by atoms with E-state index in [0.29, 0.717) is 74.8 Å². The molecule has 3 saturated heterocycles. The number of anilines is 2. The number of hydrogen-bond donors (Lipinski definition) is 2. The van der Waals surface area contributed by atoms with Gasteiger partial charge in [0.2, 0.25) is 5.91 Å². The van der Waals surface area contributed by atoms with Crippen LogP contribution in [-0.4, -0.2) is 92.9 Å². The van der Waals surface area contributed by atoms with E-state index in [2.05, 4.69) is 20.5 Å². The summed E-state index contributed by atoms with van der Waals surface area (Å²) < 4.78 is 41.9. The predicted molar refractivity (Wildman–Crippen MR) is 220 cm³/mol. The minimum Gasteiger partial charge on any atom is -0.494 e. The second kappa shape index (κ2) is 15.6. The summed E-state index contributed by atoms with van der Waals surface area (Å²) in [4.78, 5) is 45.6. The SMILES string of the molecule is COc1cc2nn(C3CCC(CN4CCC5(CCN(c6cccc7c6c(C)nn7C6CCC(=O)NC6=O)CC5)C(F)(F)C4)CC3)cc2cc1NC(=O)c1cncc(C#N)c1. The molecule has 1 unspecified atom stereocenters. The number of alkyl halides is 2. The van der Waals surface area contributed by atoms with Crippen LogP contribution >= 0.6 is 0 Å². The summed E-state index contributed by atoms with van der Waals surface area (Å²) in [6, 6.07) is 12.6. The summed E-state index contributed by atoms with van der Waals surface area (Å²) in [5, 5.41) is 25.9. The van der Waals surface area contributed by atoms with Gasteiger partial charge >= 0.3 is 0 Å². The van der Waals surface area contributed by atoms with Crippen molar-refractivity contribution < 1.29 is 27.9 Å². The summed E-state index contributed by atoms with van der Waals surface area (Å²) in [5.74, 6) is -3.05. The first-order valence-electron chi connectivity index (χ1n) is 20.8. The Morgan fingerprint density at radius 1 is 1.03 bits per heavy atom. The quantitative estimate of drug-likeness (QED) is 0.164. The molecule has 4 aliphatic rings. The Morgan fingerprint density at radius 2 is 1.82 bits per heavy atom. The molecule has 1 saturated carbocycles. The molecule has 1 spiro atoms. The Morgan fingerprint density at radius 3 is 2.55 bits per heavy atom. The number of methoxy groups -OCH3 is 1. The molecular formula is C44H48F2N10O4. The number of pyridine rings is 1. The molecule has 6 heterocycles. The van der Waals surface area contributed by atoms with E-state index >= 15 is 8.78 Å². The molecule has 14 nitrogen and oxygen atoms in total. The van der Waals surface area contributed by atoms with Gasteiger partial charge in [-0.15, -0.1) is 0 Å². The highest BCUT2D eigenvalue weighted by molar-refractivity contribution is 6.06. The van der Waals surface area contributed by atoms with Gasteiger partial charge < -0.3 is 15.0 Å². The molecule has 5 aromatic rings. The normalized spacial score (nSPS) is 23.1. The van der Waals surface area contributed by atoms with Crippen LogP contribution in [0.5, 0.6) is 5.75 Å². The van der Waals surface area contributed by atoms with Gasteiger partial charge in [0, 0.05) is 72.6 Å². The molecule has 3 aliphatic heterocycles. The largest absolute Gasteiger partial charge is 0.494 e. The minimum atomic E-state index is -2.81. The number of aromatic nitrogens is 5. The van der Waals surface area contributed by atoms with Crippen LogP contribution in [-0.2, 0) is 9.59 Å². The van der Waals surface area contributed by atoms with Gasteiger partial charge in [0.25, 0.3) is 17.7 Å². The third-order valence-electron chi connectivity index (χ3n) is 13.5. The van der Waals surface area contributed by atoms with E-state index in [1.165, 1.54) is 25.6 Å². The highest BCUT2D eigenvalue weighted by Gasteiger charge is 2.57. The summed E-state index contributed by atoms with van der Waals surface area (Å²) in [5.41, 5.74) is 3.26. The zero-order chi connectivity index (χ0) is 41.8. The fraction of sp³-hybridized carbons (Fsp3) is 0.477. The lowest BCUT2D eigenvalue weighted by Crippen LogP contribution is -2.59. The van der Waals surface area contributed by atoms with Crippen molar-refractivity contribution in [1.82, 2.24) is 34.8 Å². The van der Waals surface area contributed by atoms with Crippen LogP contribution in [0.1, 0.15) is 91.5 Å². The first-order valence-corrected chi connectivity index (χ1v) is 20.8.